The van der Waals surface area contributed by atoms with E-state index in [9.17, 15) is 4.79 Å². The Morgan fingerprint density at radius 1 is 1.16 bits per heavy atom. The van der Waals surface area contributed by atoms with Gasteiger partial charge in [-0.3, -0.25) is 9.78 Å². The monoisotopic (exact) mass is 353 g/mol. The molecule has 0 saturated heterocycles. The maximum Gasteiger partial charge on any atom is 0.231 e. The minimum absolute atomic E-state index is 0.0560. The molecule has 1 amide bonds. The number of fused-ring (bicyclic) bond motifs is 1. The van der Waals surface area contributed by atoms with Crippen LogP contribution in [0.25, 0.3) is 11.3 Å². The lowest BCUT2D eigenvalue weighted by molar-refractivity contribution is -0.116. The predicted molar refractivity (Wildman–Crippen MR) is 94.9 cm³/mol. The Kier molecular flexibility index (Phi) is 4.30. The smallest absolute Gasteiger partial charge is 0.231 e. The zero-order chi connectivity index (χ0) is 17.1. The highest BCUT2D eigenvalue weighted by atomic mass is 32.1. The van der Waals surface area contributed by atoms with Crippen LogP contribution in [0.15, 0.2) is 48.1 Å². The summed E-state index contributed by atoms with van der Waals surface area (Å²) in [7, 11) is 0. The molecule has 0 fully saturated rings. The van der Waals surface area contributed by atoms with Crippen LogP contribution in [-0.4, -0.2) is 22.7 Å². The average molecular weight is 353 g/mol. The SMILES string of the molecule is O=C(CCc1nc(-c2ccncc2)cs1)Nc1ccc2c(c1)OCO2. The molecule has 2 aromatic heterocycles. The third kappa shape index (κ3) is 3.61. The number of nitrogens with zero attached hydrogens (tertiary/aromatic N) is 2. The van der Waals surface area contributed by atoms with Crippen molar-refractivity contribution in [1.29, 1.82) is 0 Å². The largest absolute Gasteiger partial charge is 0.454 e. The molecule has 0 unspecified atom stereocenters. The first-order valence-electron chi connectivity index (χ1n) is 7.82. The van der Waals surface area contributed by atoms with Gasteiger partial charge in [0.2, 0.25) is 12.7 Å². The third-order valence-corrected chi connectivity index (χ3v) is 4.66. The third-order valence-electron chi connectivity index (χ3n) is 3.75. The highest BCUT2D eigenvalue weighted by Crippen LogP contribution is 2.34. The Morgan fingerprint density at radius 2 is 2.00 bits per heavy atom. The summed E-state index contributed by atoms with van der Waals surface area (Å²) in [4.78, 5) is 20.7. The van der Waals surface area contributed by atoms with E-state index in [0.717, 1.165) is 16.3 Å². The van der Waals surface area contributed by atoms with E-state index in [0.29, 0.717) is 30.0 Å². The van der Waals surface area contributed by atoms with Crippen LogP contribution in [0.1, 0.15) is 11.4 Å². The van der Waals surface area contributed by atoms with Crippen LogP contribution in [-0.2, 0) is 11.2 Å². The van der Waals surface area contributed by atoms with Crippen molar-refractivity contribution < 1.29 is 14.3 Å². The van der Waals surface area contributed by atoms with Gasteiger partial charge in [-0.25, -0.2) is 4.98 Å². The number of benzene rings is 1. The highest BCUT2D eigenvalue weighted by Gasteiger charge is 2.14. The molecular formula is C18H15N3O3S. The fourth-order valence-corrected chi connectivity index (χ4v) is 3.31. The Labute approximate surface area is 148 Å². The van der Waals surface area contributed by atoms with Gasteiger partial charge in [0.15, 0.2) is 11.5 Å². The number of amides is 1. The number of carbonyl (C=O) groups excluding carboxylic acids is 1. The van der Waals surface area contributed by atoms with Crippen LogP contribution < -0.4 is 14.8 Å². The summed E-state index contributed by atoms with van der Waals surface area (Å²) in [6.45, 7) is 0.219. The summed E-state index contributed by atoms with van der Waals surface area (Å²) in [6, 6.07) is 9.21. The molecule has 6 nitrogen and oxygen atoms in total. The number of carbonyl (C=O) groups is 1. The fourth-order valence-electron chi connectivity index (χ4n) is 2.50. The average Bonchev–Trinajstić information content (AvgIpc) is 3.30. The van der Waals surface area contributed by atoms with Gasteiger partial charge in [-0.1, -0.05) is 0 Å². The molecule has 4 rings (SSSR count). The Hall–Kier alpha value is -2.93. The lowest BCUT2D eigenvalue weighted by Gasteiger charge is -2.05. The van der Waals surface area contributed by atoms with E-state index in [4.69, 9.17) is 9.47 Å². The summed E-state index contributed by atoms with van der Waals surface area (Å²) >= 11 is 1.56. The molecule has 0 aliphatic carbocycles. The summed E-state index contributed by atoms with van der Waals surface area (Å²) < 4.78 is 10.6. The number of hydrogen-bond acceptors (Lipinski definition) is 6. The van der Waals surface area contributed by atoms with Crippen molar-refractivity contribution in [3.63, 3.8) is 0 Å². The number of pyridine rings is 1. The van der Waals surface area contributed by atoms with Gasteiger partial charge in [0.25, 0.3) is 0 Å². The van der Waals surface area contributed by atoms with E-state index < -0.39 is 0 Å². The first kappa shape index (κ1) is 15.6. The van der Waals surface area contributed by atoms with E-state index in [1.165, 1.54) is 0 Å². The molecule has 7 heteroatoms. The minimum Gasteiger partial charge on any atom is -0.454 e. The molecule has 0 spiro atoms. The summed E-state index contributed by atoms with van der Waals surface area (Å²) in [6.07, 6.45) is 4.46. The van der Waals surface area contributed by atoms with Gasteiger partial charge in [-0.2, -0.15) is 0 Å². The molecule has 1 aromatic carbocycles. The van der Waals surface area contributed by atoms with Crippen molar-refractivity contribution in [2.75, 3.05) is 12.1 Å². The van der Waals surface area contributed by atoms with Gasteiger partial charge in [0.1, 0.15) is 0 Å². The number of hydrogen-bond donors (Lipinski definition) is 1. The van der Waals surface area contributed by atoms with Gasteiger partial charge >= 0.3 is 0 Å². The van der Waals surface area contributed by atoms with Crippen molar-refractivity contribution >= 4 is 22.9 Å². The van der Waals surface area contributed by atoms with Crippen molar-refractivity contribution in [3.05, 3.63) is 53.1 Å². The van der Waals surface area contributed by atoms with Gasteiger partial charge in [-0.05, 0) is 24.3 Å². The number of rotatable bonds is 5. The second kappa shape index (κ2) is 6.90. The Morgan fingerprint density at radius 3 is 2.88 bits per heavy atom. The molecule has 3 aromatic rings. The number of ether oxygens (including phenoxy) is 2. The summed E-state index contributed by atoms with van der Waals surface area (Å²) in [5.41, 5.74) is 2.65. The van der Waals surface area contributed by atoms with Crippen molar-refractivity contribution in [3.8, 4) is 22.8 Å². The molecule has 0 bridgehead atoms. The summed E-state index contributed by atoms with van der Waals surface area (Å²) in [5.74, 6) is 1.30. The van der Waals surface area contributed by atoms with Crippen molar-refractivity contribution in [1.82, 2.24) is 9.97 Å². The molecule has 0 radical (unpaired) electrons. The van der Waals surface area contributed by atoms with Gasteiger partial charge < -0.3 is 14.8 Å². The van der Waals surface area contributed by atoms with Crippen LogP contribution in [0.5, 0.6) is 11.5 Å². The zero-order valence-electron chi connectivity index (χ0n) is 13.3. The molecular weight excluding hydrogens is 338 g/mol. The van der Waals surface area contributed by atoms with E-state index in [2.05, 4.69) is 15.3 Å². The number of thiazole rings is 1. The van der Waals surface area contributed by atoms with Crippen LogP contribution in [0.3, 0.4) is 0 Å². The maximum atomic E-state index is 12.1. The van der Waals surface area contributed by atoms with Crippen LogP contribution >= 0.6 is 11.3 Å². The molecule has 126 valence electrons. The first-order chi connectivity index (χ1) is 12.3. The molecule has 0 saturated carbocycles. The minimum atomic E-state index is -0.0560. The molecule has 1 aliphatic heterocycles. The molecule has 0 atom stereocenters. The summed E-state index contributed by atoms with van der Waals surface area (Å²) in [5, 5.41) is 5.81. The fraction of sp³-hybridized carbons (Fsp3) is 0.167. The number of aryl methyl sites for hydroxylation is 1. The van der Waals surface area contributed by atoms with E-state index in [1.807, 2.05) is 17.5 Å². The number of aromatic nitrogens is 2. The molecule has 1 aliphatic rings. The number of nitrogens with one attached hydrogen (secondary N) is 1. The van der Waals surface area contributed by atoms with Crippen LogP contribution in [0.2, 0.25) is 0 Å². The van der Waals surface area contributed by atoms with Crippen LogP contribution in [0.4, 0.5) is 5.69 Å². The second-order valence-corrected chi connectivity index (χ2v) is 6.42. The lowest BCUT2D eigenvalue weighted by Crippen LogP contribution is -2.12. The van der Waals surface area contributed by atoms with Gasteiger partial charge in [0, 0.05) is 47.9 Å². The van der Waals surface area contributed by atoms with E-state index in [1.54, 1.807) is 41.9 Å². The Balaban J connectivity index is 1.34. The maximum absolute atomic E-state index is 12.1. The predicted octanol–water partition coefficient (Wildman–Crippen LogP) is 3.51. The van der Waals surface area contributed by atoms with E-state index in [-0.39, 0.29) is 12.7 Å². The molecule has 25 heavy (non-hydrogen) atoms. The Bertz CT molecular complexity index is 896. The quantitative estimate of drug-likeness (QED) is 0.760. The normalized spacial score (nSPS) is 12.2. The highest BCUT2D eigenvalue weighted by molar-refractivity contribution is 7.09. The van der Waals surface area contributed by atoms with E-state index >= 15 is 0 Å². The van der Waals surface area contributed by atoms with Gasteiger partial charge in [-0.15, -0.1) is 11.3 Å². The van der Waals surface area contributed by atoms with Gasteiger partial charge in [0.05, 0.1) is 10.7 Å². The van der Waals surface area contributed by atoms with Crippen molar-refractivity contribution in [2.24, 2.45) is 0 Å². The number of anilines is 1. The molecule has 1 N–H and O–H groups in total. The topological polar surface area (TPSA) is 73.3 Å². The standard InChI is InChI=1S/C18H15N3O3S/c22-17(20-13-1-2-15-16(9-13)24-11-23-15)3-4-18-21-14(10-25-18)12-5-7-19-8-6-12/h1-2,5-10H,3-4,11H2,(H,20,22). The first-order valence-corrected chi connectivity index (χ1v) is 8.70. The second-order valence-electron chi connectivity index (χ2n) is 5.48. The lowest BCUT2D eigenvalue weighted by atomic mass is 10.2. The van der Waals surface area contributed by atoms with Crippen molar-refractivity contribution in [2.45, 2.75) is 12.8 Å². The molecule has 3 heterocycles. The zero-order valence-corrected chi connectivity index (χ0v) is 14.1. The van der Waals surface area contributed by atoms with Crippen LogP contribution in [0, 0.1) is 0 Å².